The van der Waals surface area contributed by atoms with Crippen molar-refractivity contribution in [3.05, 3.63) is 96.1 Å². The zero-order chi connectivity index (χ0) is 23.5. The number of aryl methyl sites for hydroxylation is 1. The van der Waals surface area contributed by atoms with Crippen molar-refractivity contribution < 1.29 is 19.8 Å². The second kappa shape index (κ2) is 11.6. The molecule has 1 amide bonds. The number of aromatic hydroxyl groups is 1. The van der Waals surface area contributed by atoms with Crippen LogP contribution in [-0.4, -0.2) is 22.6 Å². The average molecular weight is 431 g/mol. The SMILES string of the molecule is Cc1cccc(N)c1.Nc1c(O)c(C(=O)Nc2ccccc2)cc2ccccc12.O=CO. The number of para-hydroxylation sites is 1. The number of benzene rings is 4. The van der Waals surface area contributed by atoms with Crippen LogP contribution in [0.15, 0.2) is 84.9 Å². The largest absolute Gasteiger partial charge is 0.505 e. The highest BCUT2D eigenvalue weighted by molar-refractivity contribution is 6.11. The third-order valence-electron chi connectivity index (χ3n) is 4.38. The Hall–Kier alpha value is -4.52. The Labute approximate surface area is 185 Å². The van der Waals surface area contributed by atoms with Gasteiger partial charge in [-0.25, -0.2) is 0 Å². The number of hydrogen-bond acceptors (Lipinski definition) is 5. The molecule has 164 valence electrons. The summed E-state index contributed by atoms with van der Waals surface area (Å²) in [6, 6.07) is 25.9. The summed E-state index contributed by atoms with van der Waals surface area (Å²) in [6.07, 6.45) is 0. The van der Waals surface area contributed by atoms with Crippen LogP contribution in [0.4, 0.5) is 17.1 Å². The molecule has 32 heavy (non-hydrogen) atoms. The van der Waals surface area contributed by atoms with E-state index in [0.717, 1.165) is 16.5 Å². The van der Waals surface area contributed by atoms with Gasteiger partial charge in [-0.2, -0.15) is 0 Å². The van der Waals surface area contributed by atoms with E-state index >= 15 is 0 Å². The van der Waals surface area contributed by atoms with E-state index in [-0.39, 0.29) is 23.5 Å². The third-order valence-corrected chi connectivity index (χ3v) is 4.38. The highest BCUT2D eigenvalue weighted by Gasteiger charge is 2.16. The smallest absolute Gasteiger partial charge is 0.290 e. The van der Waals surface area contributed by atoms with Crippen molar-refractivity contribution in [2.45, 2.75) is 6.92 Å². The van der Waals surface area contributed by atoms with Crippen LogP contribution in [0, 0.1) is 6.92 Å². The molecule has 0 aromatic heterocycles. The Bertz CT molecular complexity index is 1180. The van der Waals surface area contributed by atoms with E-state index < -0.39 is 5.91 Å². The Balaban J connectivity index is 0.000000274. The summed E-state index contributed by atoms with van der Waals surface area (Å²) >= 11 is 0. The lowest BCUT2D eigenvalue weighted by molar-refractivity contribution is -0.122. The quantitative estimate of drug-likeness (QED) is 0.178. The monoisotopic (exact) mass is 431 g/mol. The van der Waals surface area contributed by atoms with Gasteiger partial charge in [-0.1, -0.05) is 54.6 Å². The number of carbonyl (C=O) groups excluding carboxylic acids is 1. The molecule has 7 N–H and O–H groups in total. The number of carbonyl (C=O) groups is 2. The lowest BCUT2D eigenvalue weighted by Gasteiger charge is -2.11. The molecule has 0 radical (unpaired) electrons. The molecule has 0 bridgehead atoms. The van der Waals surface area contributed by atoms with Crippen LogP contribution in [0.5, 0.6) is 5.75 Å². The molecule has 4 aromatic rings. The van der Waals surface area contributed by atoms with Gasteiger partial charge in [-0.15, -0.1) is 0 Å². The number of amides is 1. The van der Waals surface area contributed by atoms with Gasteiger partial charge in [-0.3, -0.25) is 9.59 Å². The van der Waals surface area contributed by atoms with E-state index in [4.69, 9.17) is 21.4 Å². The fourth-order valence-corrected chi connectivity index (χ4v) is 2.93. The van der Waals surface area contributed by atoms with Gasteiger partial charge >= 0.3 is 0 Å². The Morgan fingerprint density at radius 2 is 1.53 bits per heavy atom. The lowest BCUT2D eigenvalue weighted by Crippen LogP contribution is -2.12. The predicted octanol–water partition coefficient (Wildman–Crippen LogP) is 4.66. The Morgan fingerprint density at radius 1 is 0.906 bits per heavy atom. The topological polar surface area (TPSA) is 139 Å². The van der Waals surface area contributed by atoms with E-state index in [0.29, 0.717) is 5.69 Å². The van der Waals surface area contributed by atoms with Crippen LogP contribution in [0.3, 0.4) is 0 Å². The first kappa shape index (κ1) is 23.8. The van der Waals surface area contributed by atoms with E-state index in [1.54, 1.807) is 18.2 Å². The van der Waals surface area contributed by atoms with Gasteiger partial charge in [-0.05, 0) is 48.2 Å². The summed E-state index contributed by atoms with van der Waals surface area (Å²) in [5.41, 5.74) is 14.5. The third kappa shape index (κ3) is 6.50. The number of nitrogens with one attached hydrogen (secondary N) is 1. The van der Waals surface area contributed by atoms with E-state index in [1.165, 1.54) is 5.56 Å². The summed E-state index contributed by atoms with van der Waals surface area (Å²) < 4.78 is 0. The molecule has 0 unspecified atom stereocenters. The zero-order valence-electron chi connectivity index (χ0n) is 17.5. The second-order valence-electron chi connectivity index (χ2n) is 6.75. The molecule has 0 heterocycles. The second-order valence-corrected chi connectivity index (χ2v) is 6.75. The molecule has 0 aliphatic heterocycles. The molecule has 4 aromatic carbocycles. The molecule has 4 rings (SSSR count). The van der Waals surface area contributed by atoms with E-state index in [2.05, 4.69) is 5.32 Å². The van der Waals surface area contributed by atoms with Gasteiger partial charge < -0.3 is 27.0 Å². The molecular formula is C25H25N3O4. The first-order valence-electron chi connectivity index (χ1n) is 9.64. The lowest BCUT2D eigenvalue weighted by atomic mass is 10.0. The highest BCUT2D eigenvalue weighted by Crippen LogP contribution is 2.33. The van der Waals surface area contributed by atoms with Crippen molar-refractivity contribution in [3.8, 4) is 5.75 Å². The van der Waals surface area contributed by atoms with Crippen molar-refractivity contribution in [1.29, 1.82) is 0 Å². The number of anilines is 3. The van der Waals surface area contributed by atoms with Gasteiger partial charge in [0.25, 0.3) is 12.4 Å². The number of phenolic OH excluding ortho intramolecular Hbond substituents is 1. The molecule has 0 atom stereocenters. The molecule has 0 aliphatic rings. The maximum Gasteiger partial charge on any atom is 0.290 e. The zero-order valence-corrected chi connectivity index (χ0v) is 17.5. The fraction of sp³-hybridized carbons (Fsp3) is 0.0400. The molecule has 0 saturated carbocycles. The van der Waals surface area contributed by atoms with Gasteiger partial charge in [0.15, 0.2) is 5.75 Å². The number of nitrogen functional groups attached to an aromatic ring is 2. The first-order valence-corrected chi connectivity index (χ1v) is 9.64. The number of carboxylic acid groups (broad SMARTS) is 1. The van der Waals surface area contributed by atoms with Crippen molar-refractivity contribution in [2.75, 3.05) is 16.8 Å². The predicted molar refractivity (Wildman–Crippen MR) is 129 cm³/mol. The van der Waals surface area contributed by atoms with Gasteiger partial charge in [0.1, 0.15) is 0 Å². The average Bonchev–Trinajstić information content (AvgIpc) is 2.78. The standard InChI is InChI=1S/C17H14N2O2.C7H9N.CH2O2/c18-15-13-9-5-4-6-11(13)10-14(16(15)20)17(21)19-12-7-2-1-3-8-12;1-6-3-2-4-7(8)5-6;2-1-3/h1-10,20H,18H2,(H,19,21);2-5H,8H2,1H3;1H,(H,2,3). The molecular weight excluding hydrogens is 406 g/mol. The minimum absolute atomic E-state index is 0.162. The van der Waals surface area contributed by atoms with E-state index in [9.17, 15) is 9.90 Å². The Kier molecular flexibility index (Phi) is 8.62. The van der Waals surface area contributed by atoms with Crippen LogP contribution < -0.4 is 16.8 Å². The van der Waals surface area contributed by atoms with Crippen molar-refractivity contribution in [1.82, 2.24) is 0 Å². The molecule has 0 fully saturated rings. The minimum Gasteiger partial charge on any atom is -0.505 e. The summed E-state index contributed by atoms with van der Waals surface area (Å²) in [6.45, 7) is 1.77. The number of nitrogens with two attached hydrogens (primary N) is 2. The summed E-state index contributed by atoms with van der Waals surface area (Å²) in [4.78, 5) is 20.7. The number of phenols is 1. The molecule has 0 spiro atoms. The summed E-state index contributed by atoms with van der Waals surface area (Å²) in [5.74, 6) is -0.585. The van der Waals surface area contributed by atoms with Crippen LogP contribution in [0.25, 0.3) is 10.8 Å². The van der Waals surface area contributed by atoms with Crippen molar-refractivity contribution in [3.63, 3.8) is 0 Å². The first-order chi connectivity index (χ1) is 15.4. The van der Waals surface area contributed by atoms with E-state index in [1.807, 2.05) is 73.7 Å². The van der Waals surface area contributed by atoms with Gasteiger partial charge in [0.2, 0.25) is 0 Å². The highest BCUT2D eigenvalue weighted by atomic mass is 16.3. The minimum atomic E-state index is -0.392. The normalized spacial score (nSPS) is 9.53. The maximum absolute atomic E-state index is 12.3. The molecule has 7 nitrogen and oxygen atoms in total. The van der Waals surface area contributed by atoms with Crippen molar-refractivity contribution in [2.24, 2.45) is 0 Å². The Morgan fingerprint density at radius 3 is 2.12 bits per heavy atom. The van der Waals surface area contributed by atoms with Crippen LogP contribution in [0.1, 0.15) is 15.9 Å². The maximum atomic E-state index is 12.3. The van der Waals surface area contributed by atoms with Crippen molar-refractivity contribution >= 4 is 40.2 Å². The van der Waals surface area contributed by atoms with Crippen LogP contribution >= 0.6 is 0 Å². The summed E-state index contributed by atoms with van der Waals surface area (Å²) in [7, 11) is 0. The van der Waals surface area contributed by atoms with Gasteiger partial charge in [0, 0.05) is 16.8 Å². The molecule has 0 aliphatic carbocycles. The number of hydrogen-bond donors (Lipinski definition) is 5. The number of rotatable bonds is 2. The molecule has 7 heteroatoms. The van der Waals surface area contributed by atoms with Gasteiger partial charge in [0.05, 0.1) is 11.3 Å². The summed E-state index contributed by atoms with van der Waals surface area (Å²) in [5, 5.41) is 21.3. The molecule has 0 saturated heterocycles. The van der Waals surface area contributed by atoms with Crippen LogP contribution in [0.2, 0.25) is 0 Å². The van der Waals surface area contributed by atoms with Crippen LogP contribution in [-0.2, 0) is 4.79 Å². The fourth-order valence-electron chi connectivity index (χ4n) is 2.93. The number of fused-ring (bicyclic) bond motifs is 1.